The lowest BCUT2D eigenvalue weighted by Gasteiger charge is -2.23. The van der Waals surface area contributed by atoms with Gasteiger partial charge in [0.15, 0.2) is 0 Å². The summed E-state index contributed by atoms with van der Waals surface area (Å²) < 4.78 is 1.96. The molecule has 1 unspecified atom stereocenters. The molecule has 2 aromatic heterocycles. The van der Waals surface area contributed by atoms with Gasteiger partial charge in [-0.3, -0.25) is 9.48 Å². The van der Waals surface area contributed by atoms with Crippen molar-refractivity contribution in [3.8, 4) is 0 Å². The van der Waals surface area contributed by atoms with Crippen molar-refractivity contribution in [2.24, 2.45) is 0 Å². The van der Waals surface area contributed by atoms with Gasteiger partial charge in [0.05, 0.1) is 18.3 Å². The average molecular weight is 305 g/mol. The summed E-state index contributed by atoms with van der Waals surface area (Å²) in [5, 5.41) is 17.8. The second kappa shape index (κ2) is 5.55. The molecule has 1 amide bonds. The van der Waals surface area contributed by atoms with Gasteiger partial charge in [-0.2, -0.15) is 5.10 Å². The van der Waals surface area contributed by atoms with E-state index in [1.54, 1.807) is 11.3 Å². The van der Waals surface area contributed by atoms with Gasteiger partial charge in [-0.25, -0.2) is 0 Å². The van der Waals surface area contributed by atoms with Gasteiger partial charge in [-0.1, -0.05) is 11.3 Å². The minimum absolute atomic E-state index is 0.0937. The minimum Gasteiger partial charge on any atom is -0.349 e. The number of aromatic nitrogens is 4. The predicted octanol–water partition coefficient (Wildman–Crippen LogP) is 2.05. The molecule has 1 saturated heterocycles. The third-order valence-corrected chi connectivity index (χ3v) is 4.69. The third-order valence-electron chi connectivity index (χ3n) is 3.87. The number of piperidine rings is 1. The number of carbonyl (C=O) groups excluding carboxylic acids is 1. The van der Waals surface area contributed by atoms with Gasteiger partial charge in [0.2, 0.25) is 5.91 Å². The molecule has 1 fully saturated rings. The Morgan fingerprint density at radius 1 is 1.33 bits per heavy atom. The van der Waals surface area contributed by atoms with Crippen molar-refractivity contribution >= 4 is 17.2 Å². The third kappa shape index (κ3) is 2.83. The molecule has 1 atom stereocenters. The molecule has 1 aliphatic rings. The number of hydrogen-bond donors (Lipinski definition) is 1. The topological polar surface area (TPSA) is 72.7 Å². The Morgan fingerprint density at radius 2 is 2.14 bits per heavy atom. The summed E-state index contributed by atoms with van der Waals surface area (Å²) in [6.45, 7) is 6.65. The maximum absolute atomic E-state index is 11.6. The maximum Gasteiger partial charge on any atom is 0.220 e. The molecule has 21 heavy (non-hydrogen) atoms. The fourth-order valence-corrected chi connectivity index (χ4v) is 3.61. The maximum atomic E-state index is 11.6. The first-order valence-corrected chi connectivity index (χ1v) is 7.98. The summed E-state index contributed by atoms with van der Waals surface area (Å²) in [6, 6.07) is 0.0937. The van der Waals surface area contributed by atoms with Crippen LogP contribution in [0.2, 0.25) is 0 Å². The summed E-state index contributed by atoms with van der Waals surface area (Å²) in [4.78, 5) is 11.6. The molecular formula is C14H19N5OS. The molecule has 3 rings (SSSR count). The molecule has 7 heteroatoms. The lowest BCUT2D eigenvalue weighted by Crippen LogP contribution is -2.33. The molecule has 0 aromatic carbocycles. The second-order valence-corrected chi connectivity index (χ2v) is 6.74. The van der Waals surface area contributed by atoms with Crippen molar-refractivity contribution in [3.05, 3.63) is 27.0 Å². The summed E-state index contributed by atoms with van der Waals surface area (Å²) in [5.74, 6) is 0.137. The van der Waals surface area contributed by atoms with Gasteiger partial charge in [0.1, 0.15) is 10.0 Å². The van der Waals surface area contributed by atoms with E-state index >= 15 is 0 Å². The molecule has 6 nitrogen and oxygen atoms in total. The van der Waals surface area contributed by atoms with Crippen LogP contribution in [0.3, 0.4) is 0 Å². The molecule has 0 bridgehead atoms. The highest BCUT2D eigenvalue weighted by atomic mass is 32.1. The normalized spacial score (nSPS) is 18.8. The minimum atomic E-state index is 0.0937. The van der Waals surface area contributed by atoms with Crippen LogP contribution in [0.4, 0.5) is 0 Å². The number of nitrogens with one attached hydrogen (secondary N) is 1. The van der Waals surface area contributed by atoms with Gasteiger partial charge in [0.25, 0.3) is 0 Å². The predicted molar refractivity (Wildman–Crippen MR) is 80.2 cm³/mol. The molecule has 0 saturated carbocycles. The number of aryl methyl sites for hydroxylation is 2. The van der Waals surface area contributed by atoms with Crippen LogP contribution in [-0.4, -0.2) is 25.9 Å². The number of amides is 1. The summed E-state index contributed by atoms with van der Waals surface area (Å²) in [5.41, 5.74) is 3.25. The second-order valence-electron chi connectivity index (χ2n) is 5.47. The summed E-state index contributed by atoms with van der Waals surface area (Å²) >= 11 is 1.59. The van der Waals surface area contributed by atoms with Crippen LogP contribution in [0.25, 0.3) is 0 Å². The lowest BCUT2D eigenvalue weighted by molar-refractivity contribution is -0.123. The van der Waals surface area contributed by atoms with Crippen LogP contribution in [0.5, 0.6) is 0 Å². The van der Waals surface area contributed by atoms with Crippen molar-refractivity contribution in [1.82, 2.24) is 25.3 Å². The van der Waals surface area contributed by atoms with Crippen LogP contribution in [-0.2, 0) is 11.3 Å². The number of carbonyl (C=O) groups is 1. The highest BCUT2D eigenvalue weighted by molar-refractivity contribution is 7.11. The quantitative estimate of drug-likeness (QED) is 0.942. The van der Waals surface area contributed by atoms with E-state index in [9.17, 15) is 4.79 Å². The zero-order chi connectivity index (χ0) is 15.0. The van der Waals surface area contributed by atoms with E-state index in [0.29, 0.717) is 13.0 Å². The van der Waals surface area contributed by atoms with Crippen LogP contribution >= 0.6 is 11.3 Å². The molecular weight excluding hydrogens is 286 g/mol. The van der Waals surface area contributed by atoms with E-state index in [-0.39, 0.29) is 11.9 Å². The lowest BCUT2D eigenvalue weighted by atomic mass is 9.96. The SMILES string of the molecule is Cc1nnc(Cn2nc(C)c(C3CCCC(=O)N3)c2C)s1. The standard InChI is InChI=1S/C14H19N5OS/c1-8-14(11-5-4-6-12(20)15-11)9(2)19(18-8)7-13-17-16-10(3)21-13/h11H,4-7H2,1-3H3,(H,15,20). The Kier molecular flexibility index (Phi) is 3.75. The van der Waals surface area contributed by atoms with Gasteiger partial charge in [-0.05, 0) is 33.6 Å². The van der Waals surface area contributed by atoms with E-state index in [2.05, 4.69) is 27.5 Å². The van der Waals surface area contributed by atoms with E-state index < -0.39 is 0 Å². The van der Waals surface area contributed by atoms with E-state index in [1.807, 2.05) is 18.5 Å². The van der Waals surface area contributed by atoms with Crippen molar-refractivity contribution in [2.75, 3.05) is 0 Å². The van der Waals surface area contributed by atoms with Crippen molar-refractivity contribution < 1.29 is 4.79 Å². The first-order valence-electron chi connectivity index (χ1n) is 7.17. The highest BCUT2D eigenvalue weighted by Gasteiger charge is 2.25. The molecule has 1 N–H and O–H groups in total. The van der Waals surface area contributed by atoms with Crippen molar-refractivity contribution in [1.29, 1.82) is 0 Å². The average Bonchev–Trinajstić information content (AvgIpc) is 2.94. The number of nitrogens with zero attached hydrogens (tertiary/aromatic N) is 4. The van der Waals surface area contributed by atoms with E-state index in [4.69, 9.17) is 0 Å². The molecule has 2 aromatic rings. The van der Waals surface area contributed by atoms with Gasteiger partial charge < -0.3 is 5.32 Å². The first kappa shape index (κ1) is 14.2. The largest absolute Gasteiger partial charge is 0.349 e. The van der Waals surface area contributed by atoms with Crippen LogP contribution in [0, 0.1) is 20.8 Å². The first-order chi connectivity index (χ1) is 10.0. The Bertz CT molecular complexity index is 675. The number of rotatable bonds is 3. The summed E-state index contributed by atoms with van der Waals surface area (Å²) in [7, 11) is 0. The summed E-state index contributed by atoms with van der Waals surface area (Å²) in [6.07, 6.45) is 2.56. The van der Waals surface area contributed by atoms with E-state index in [1.165, 1.54) is 0 Å². The fourth-order valence-electron chi connectivity index (χ4n) is 2.92. The zero-order valence-electron chi connectivity index (χ0n) is 12.5. The molecule has 0 spiro atoms. The smallest absolute Gasteiger partial charge is 0.220 e. The van der Waals surface area contributed by atoms with Crippen LogP contribution in [0.15, 0.2) is 0 Å². The van der Waals surface area contributed by atoms with Gasteiger partial charge in [-0.15, -0.1) is 10.2 Å². The van der Waals surface area contributed by atoms with Gasteiger partial charge in [0, 0.05) is 17.7 Å². The monoisotopic (exact) mass is 305 g/mol. The van der Waals surface area contributed by atoms with E-state index in [0.717, 1.165) is 39.8 Å². The van der Waals surface area contributed by atoms with Crippen molar-refractivity contribution in [2.45, 2.75) is 52.6 Å². The Morgan fingerprint density at radius 3 is 2.81 bits per heavy atom. The molecule has 112 valence electrons. The Labute approximate surface area is 127 Å². The van der Waals surface area contributed by atoms with Crippen LogP contribution in [0.1, 0.15) is 52.3 Å². The fraction of sp³-hybridized carbons (Fsp3) is 0.571. The molecule has 0 aliphatic carbocycles. The van der Waals surface area contributed by atoms with Crippen LogP contribution < -0.4 is 5.32 Å². The Balaban J connectivity index is 1.87. The highest BCUT2D eigenvalue weighted by Crippen LogP contribution is 2.29. The van der Waals surface area contributed by atoms with Crippen molar-refractivity contribution in [3.63, 3.8) is 0 Å². The molecule has 0 radical (unpaired) electrons. The zero-order valence-corrected chi connectivity index (χ0v) is 13.3. The molecule has 1 aliphatic heterocycles. The van der Waals surface area contributed by atoms with Gasteiger partial charge >= 0.3 is 0 Å². The molecule has 3 heterocycles. The number of hydrogen-bond acceptors (Lipinski definition) is 5. The Hall–Kier alpha value is -1.76.